The number of benzene rings is 1. The van der Waals surface area contributed by atoms with Gasteiger partial charge in [-0.3, -0.25) is 4.79 Å². The van der Waals surface area contributed by atoms with Crippen molar-refractivity contribution in [2.45, 2.75) is 6.42 Å². The Bertz CT molecular complexity index is 585. The van der Waals surface area contributed by atoms with Gasteiger partial charge in [-0.25, -0.2) is 4.98 Å². The number of hydrogen-bond donors (Lipinski definition) is 3. The first-order chi connectivity index (χ1) is 9.72. The molecule has 0 radical (unpaired) electrons. The van der Waals surface area contributed by atoms with Crippen LogP contribution in [0.25, 0.3) is 10.2 Å². The Labute approximate surface area is 121 Å². The quantitative estimate of drug-likeness (QED) is 0.531. The number of methoxy groups -OCH3 is 1. The average molecular weight is 294 g/mol. The van der Waals surface area contributed by atoms with Gasteiger partial charge in [-0.1, -0.05) is 0 Å². The minimum Gasteiger partial charge on any atom is -0.395 e. The van der Waals surface area contributed by atoms with E-state index in [1.807, 2.05) is 12.1 Å². The summed E-state index contributed by atoms with van der Waals surface area (Å²) in [4.78, 5) is 15.7. The molecule has 0 unspecified atom stereocenters. The highest BCUT2D eigenvalue weighted by molar-refractivity contribution is 7.16. The van der Waals surface area contributed by atoms with Gasteiger partial charge in [0.2, 0.25) is 5.91 Å². The summed E-state index contributed by atoms with van der Waals surface area (Å²) in [5, 5.41) is 5.93. The average Bonchev–Trinajstić information content (AvgIpc) is 2.91. The van der Waals surface area contributed by atoms with Crippen LogP contribution >= 0.6 is 11.3 Å². The first-order valence-corrected chi connectivity index (χ1v) is 7.21. The number of anilines is 2. The Kier molecular flexibility index (Phi) is 5.14. The van der Waals surface area contributed by atoms with E-state index in [1.165, 1.54) is 0 Å². The van der Waals surface area contributed by atoms with Crippen molar-refractivity contribution < 1.29 is 9.53 Å². The van der Waals surface area contributed by atoms with E-state index in [-0.39, 0.29) is 5.91 Å². The highest BCUT2D eigenvalue weighted by Gasteiger charge is 2.07. The topological polar surface area (TPSA) is 89.3 Å². The number of fused-ring (bicyclic) bond motifs is 1. The molecule has 0 spiro atoms. The zero-order valence-electron chi connectivity index (χ0n) is 11.3. The van der Waals surface area contributed by atoms with E-state index >= 15 is 0 Å². The van der Waals surface area contributed by atoms with Gasteiger partial charge >= 0.3 is 0 Å². The molecule has 2 aromatic rings. The Morgan fingerprint density at radius 1 is 1.45 bits per heavy atom. The Hall–Kier alpha value is -1.86. The van der Waals surface area contributed by atoms with Gasteiger partial charge in [0.25, 0.3) is 0 Å². The summed E-state index contributed by atoms with van der Waals surface area (Å²) in [7, 11) is 1.60. The standard InChI is InChI=1S/C13H18N4O2S/c1-19-7-6-16-11(18)4-5-15-9-2-3-10-13(12(9)14)17-8-20-10/h2-3,8,15H,4-7,14H2,1H3,(H,16,18). The maximum atomic E-state index is 11.5. The number of carbonyl (C=O) groups is 1. The molecule has 0 aliphatic heterocycles. The summed E-state index contributed by atoms with van der Waals surface area (Å²) >= 11 is 1.56. The number of nitrogen functional groups attached to an aromatic ring is 1. The van der Waals surface area contributed by atoms with Crippen molar-refractivity contribution in [2.24, 2.45) is 0 Å². The summed E-state index contributed by atoms with van der Waals surface area (Å²) < 4.78 is 5.92. The molecule has 108 valence electrons. The van der Waals surface area contributed by atoms with Crippen LogP contribution in [0.15, 0.2) is 17.6 Å². The normalized spacial score (nSPS) is 10.7. The van der Waals surface area contributed by atoms with Crippen molar-refractivity contribution in [1.82, 2.24) is 10.3 Å². The number of hydrogen-bond acceptors (Lipinski definition) is 6. The maximum Gasteiger partial charge on any atom is 0.221 e. The summed E-state index contributed by atoms with van der Waals surface area (Å²) in [5.74, 6) is -0.0112. The second-order valence-corrected chi connectivity index (χ2v) is 5.13. The third-order valence-electron chi connectivity index (χ3n) is 2.84. The first-order valence-electron chi connectivity index (χ1n) is 6.33. The Balaban J connectivity index is 1.83. The van der Waals surface area contributed by atoms with E-state index in [9.17, 15) is 4.79 Å². The van der Waals surface area contributed by atoms with E-state index < -0.39 is 0 Å². The lowest BCUT2D eigenvalue weighted by atomic mass is 10.2. The molecule has 20 heavy (non-hydrogen) atoms. The van der Waals surface area contributed by atoms with Crippen molar-refractivity contribution in [2.75, 3.05) is 37.9 Å². The summed E-state index contributed by atoms with van der Waals surface area (Å²) in [5.41, 5.74) is 10.1. The third-order valence-corrected chi connectivity index (χ3v) is 3.63. The van der Waals surface area contributed by atoms with Crippen LogP contribution in [0, 0.1) is 0 Å². The molecule has 0 atom stereocenters. The lowest BCUT2D eigenvalue weighted by Crippen LogP contribution is -2.28. The highest BCUT2D eigenvalue weighted by atomic mass is 32.1. The molecule has 0 saturated carbocycles. The monoisotopic (exact) mass is 294 g/mol. The van der Waals surface area contributed by atoms with Crippen LogP contribution in [0.5, 0.6) is 0 Å². The number of thiazole rings is 1. The van der Waals surface area contributed by atoms with Crippen molar-refractivity contribution in [3.05, 3.63) is 17.6 Å². The van der Waals surface area contributed by atoms with Gasteiger partial charge in [0.15, 0.2) is 0 Å². The zero-order valence-corrected chi connectivity index (χ0v) is 12.1. The fraction of sp³-hybridized carbons (Fsp3) is 0.385. The highest BCUT2D eigenvalue weighted by Crippen LogP contribution is 2.29. The smallest absolute Gasteiger partial charge is 0.221 e. The Morgan fingerprint density at radius 3 is 3.10 bits per heavy atom. The molecule has 1 aromatic carbocycles. The van der Waals surface area contributed by atoms with Crippen molar-refractivity contribution >= 4 is 38.8 Å². The van der Waals surface area contributed by atoms with Gasteiger partial charge in [-0.05, 0) is 12.1 Å². The van der Waals surface area contributed by atoms with Crippen molar-refractivity contribution in [3.8, 4) is 0 Å². The SMILES string of the molecule is COCCNC(=O)CCNc1ccc2scnc2c1N. The van der Waals surface area contributed by atoms with Gasteiger partial charge in [0.05, 0.1) is 28.2 Å². The number of amides is 1. The number of aromatic nitrogens is 1. The number of ether oxygens (including phenoxy) is 1. The van der Waals surface area contributed by atoms with E-state index in [0.717, 1.165) is 15.9 Å². The third kappa shape index (κ3) is 3.58. The molecule has 0 bridgehead atoms. The van der Waals surface area contributed by atoms with E-state index in [4.69, 9.17) is 10.5 Å². The molecule has 0 aliphatic carbocycles. The number of nitrogens with zero attached hydrogens (tertiary/aromatic N) is 1. The largest absolute Gasteiger partial charge is 0.395 e. The molecule has 1 aromatic heterocycles. The zero-order chi connectivity index (χ0) is 14.4. The van der Waals surface area contributed by atoms with Gasteiger partial charge in [-0.15, -0.1) is 11.3 Å². The minimum absolute atomic E-state index is 0.0112. The van der Waals surface area contributed by atoms with E-state index in [2.05, 4.69) is 15.6 Å². The van der Waals surface area contributed by atoms with Crippen LogP contribution < -0.4 is 16.4 Å². The second-order valence-electron chi connectivity index (χ2n) is 4.25. The Morgan fingerprint density at radius 2 is 2.30 bits per heavy atom. The molecule has 0 aliphatic rings. The minimum atomic E-state index is -0.0112. The second kappa shape index (κ2) is 7.06. The van der Waals surface area contributed by atoms with Gasteiger partial charge in [0.1, 0.15) is 5.52 Å². The van der Waals surface area contributed by atoms with Crippen LogP contribution in [0.1, 0.15) is 6.42 Å². The summed E-state index contributed by atoms with van der Waals surface area (Å²) in [6.45, 7) is 1.58. The van der Waals surface area contributed by atoms with Gasteiger partial charge in [-0.2, -0.15) is 0 Å². The van der Waals surface area contributed by atoms with Crippen LogP contribution in [-0.4, -0.2) is 37.7 Å². The fourth-order valence-electron chi connectivity index (χ4n) is 1.80. The number of nitrogens with two attached hydrogens (primary N) is 1. The molecule has 6 nitrogen and oxygen atoms in total. The maximum absolute atomic E-state index is 11.5. The molecule has 2 rings (SSSR count). The van der Waals surface area contributed by atoms with E-state index in [1.54, 1.807) is 24.0 Å². The molecule has 0 fully saturated rings. The van der Waals surface area contributed by atoms with E-state index in [0.29, 0.717) is 31.8 Å². The van der Waals surface area contributed by atoms with Crippen LogP contribution in [0.4, 0.5) is 11.4 Å². The van der Waals surface area contributed by atoms with Gasteiger partial charge in [0, 0.05) is 26.6 Å². The summed E-state index contributed by atoms with van der Waals surface area (Å²) in [6, 6.07) is 3.89. The lowest BCUT2D eigenvalue weighted by molar-refractivity contribution is -0.121. The number of nitrogens with one attached hydrogen (secondary N) is 2. The predicted molar refractivity (Wildman–Crippen MR) is 82.0 cm³/mol. The lowest BCUT2D eigenvalue weighted by Gasteiger charge is -2.09. The van der Waals surface area contributed by atoms with Gasteiger partial charge < -0.3 is 21.1 Å². The molecule has 7 heteroatoms. The predicted octanol–water partition coefficient (Wildman–Crippen LogP) is 1.44. The van der Waals surface area contributed by atoms with Crippen LogP contribution in [-0.2, 0) is 9.53 Å². The molecular weight excluding hydrogens is 276 g/mol. The van der Waals surface area contributed by atoms with Crippen molar-refractivity contribution in [3.63, 3.8) is 0 Å². The van der Waals surface area contributed by atoms with Crippen molar-refractivity contribution in [1.29, 1.82) is 0 Å². The summed E-state index contributed by atoms with van der Waals surface area (Å²) in [6.07, 6.45) is 0.387. The number of rotatable bonds is 7. The van der Waals surface area contributed by atoms with Crippen LogP contribution in [0.2, 0.25) is 0 Å². The molecular formula is C13H18N4O2S. The molecule has 1 amide bonds. The first kappa shape index (κ1) is 14.5. The molecule has 0 saturated heterocycles. The number of carbonyl (C=O) groups excluding carboxylic acids is 1. The molecule has 4 N–H and O–H groups in total. The molecule has 1 heterocycles. The fourth-order valence-corrected chi connectivity index (χ4v) is 2.49. The van der Waals surface area contributed by atoms with Crippen LogP contribution in [0.3, 0.4) is 0 Å².